The molecule has 0 spiro atoms. The van der Waals surface area contributed by atoms with E-state index in [0.717, 1.165) is 32.4 Å². The second kappa shape index (κ2) is 6.72. The smallest absolute Gasteiger partial charge is 0.0750 e. The molecule has 1 heterocycles. The van der Waals surface area contributed by atoms with Crippen molar-refractivity contribution in [2.45, 2.75) is 37.0 Å². The van der Waals surface area contributed by atoms with Crippen LogP contribution in [0.3, 0.4) is 0 Å². The maximum absolute atomic E-state index is 10.0. The van der Waals surface area contributed by atoms with Crippen molar-refractivity contribution in [1.29, 1.82) is 0 Å². The van der Waals surface area contributed by atoms with Gasteiger partial charge in [-0.25, -0.2) is 4.72 Å². The quantitative estimate of drug-likeness (QED) is 0.670. The first-order valence-corrected chi connectivity index (χ1v) is 8.51. The van der Waals surface area contributed by atoms with Gasteiger partial charge in [0.1, 0.15) is 0 Å². The summed E-state index contributed by atoms with van der Waals surface area (Å²) in [6.45, 7) is 4.75. The Morgan fingerprint density at radius 3 is 2.42 bits per heavy atom. The lowest BCUT2D eigenvalue weighted by molar-refractivity contribution is 0.459. The molecule has 1 aliphatic heterocycles. The zero-order chi connectivity index (χ0) is 13.7. The van der Waals surface area contributed by atoms with Gasteiger partial charge < -0.3 is 5.32 Å². The van der Waals surface area contributed by atoms with E-state index in [1.165, 1.54) is 5.56 Å². The second-order valence-electron chi connectivity index (χ2n) is 5.04. The van der Waals surface area contributed by atoms with E-state index < -0.39 is 10.8 Å². The lowest BCUT2D eigenvalue weighted by Crippen LogP contribution is -2.26. The van der Waals surface area contributed by atoms with Gasteiger partial charge in [0.2, 0.25) is 0 Å². The van der Waals surface area contributed by atoms with Crippen LogP contribution in [0.5, 0.6) is 0 Å². The topological polar surface area (TPSA) is 64.5 Å². The Kier molecular flexibility index (Phi) is 5.24. The summed E-state index contributed by atoms with van der Waals surface area (Å²) in [6, 6.07) is 7.75. The van der Waals surface area contributed by atoms with Crippen LogP contribution in [0.15, 0.2) is 29.2 Å². The van der Waals surface area contributed by atoms with Crippen LogP contribution in [-0.4, -0.2) is 28.7 Å². The summed E-state index contributed by atoms with van der Waals surface area (Å²) in [7, 11) is -2.83. The fourth-order valence-corrected chi connectivity index (χ4v) is 3.58. The van der Waals surface area contributed by atoms with Crippen molar-refractivity contribution in [1.82, 2.24) is 10.0 Å². The summed E-state index contributed by atoms with van der Waals surface area (Å²) < 4.78 is 22.9. The molecule has 0 amide bonds. The minimum absolute atomic E-state index is 0.582. The molecule has 0 atom stereocenters. The van der Waals surface area contributed by atoms with Crippen LogP contribution in [0.1, 0.15) is 37.7 Å². The number of hydrogen-bond acceptors (Lipinski definition) is 4. The predicted octanol–water partition coefficient (Wildman–Crippen LogP) is 3.18. The van der Waals surface area contributed by atoms with Crippen LogP contribution >= 0.6 is 10.8 Å². The summed E-state index contributed by atoms with van der Waals surface area (Å²) >= 11 is 0. The van der Waals surface area contributed by atoms with Crippen LogP contribution in [0.2, 0.25) is 0 Å². The van der Waals surface area contributed by atoms with Crippen molar-refractivity contribution in [3.8, 4) is 0 Å². The van der Waals surface area contributed by atoms with Crippen molar-refractivity contribution in [2.75, 3.05) is 19.6 Å². The molecule has 19 heavy (non-hydrogen) atoms. The molecule has 0 aliphatic carbocycles. The summed E-state index contributed by atoms with van der Waals surface area (Å²) in [5.74, 6) is 0.598. The van der Waals surface area contributed by atoms with Crippen LogP contribution in [0, 0.1) is 0 Å². The number of nitrogens with one attached hydrogen (secondary N) is 2. The van der Waals surface area contributed by atoms with E-state index in [-0.39, 0.29) is 0 Å². The SMILES string of the molecule is CCCNS(O)(O)c1ccc(C2CCNCC2)cc1. The summed E-state index contributed by atoms with van der Waals surface area (Å²) in [6.07, 6.45) is 3.19. The zero-order valence-corrected chi connectivity index (χ0v) is 12.2. The average Bonchev–Trinajstić information content (AvgIpc) is 2.46. The van der Waals surface area contributed by atoms with E-state index in [1.807, 2.05) is 31.2 Å². The van der Waals surface area contributed by atoms with Crippen molar-refractivity contribution in [2.24, 2.45) is 0 Å². The van der Waals surface area contributed by atoms with E-state index in [2.05, 4.69) is 10.0 Å². The molecule has 1 fully saturated rings. The molecule has 0 unspecified atom stereocenters. The highest BCUT2D eigenvalue weighted by atomic mass is 32.3. The number of piperidine rings is 1. The minimum atomic E-state index is -2.83. The second-order valence-corrected chi connectivity index (χ2v) is 6.89. The fraction of sp³-hybridized carbons (Fsp3) is 0.571. The van der Waals surface area contributed by atoms with Crippen molar-refractivity contribution in [3.63, 3.8) is 0 Å². The Balaban J connectivity index is 2.04. The van der Waals surface area contributed by atoms with Gasteiger partial charge in [-0.3, -0.25) is 9.11 Å². The van der Waals surface area contributed by atoms with Gasteiger partial charge in [-0.2, -0.15) is 0 Å². The zero-order valence-electron chi connectivity index (χ0n) is 11.4. The molecular formula is C14H24N2O2S. The van der Waals surface area contributed by atoms with Gasteiger partial charge in [-0.05, 0) is 56.0 Å². The minimum Gasteiger partial charge on any atom is -0.317 e. The molecule has 0 saturated carbocycles. The molecule has 4 N–H and O–H groups in total. The lowest BCUT2D eigenvalue weighted by Gasteiger charge is -2.33. The maximum atomic E-state index is 10.0. The van der Waals surface area contributed by atoms with E-state index in [1.54, 1.807) is 0 Å². The normalized spacial score (nSPS) is 18.5. The van der Waals surface area contributed by atoms with E-state index in [4.69, 9.17) is 0 Å². The summed E-state index contributed by atoms with van der Waals surface area (Å²) in [4.78, 5) is 0.582. The summed E-state index contributed by atoms with van der Waals surface area (Å²) in [5.41, 5.74) is 1.30. The van der Waals surface area contributed by atoms with Gasteiger partial charge in [0.25, 0.3) is 0 Å². The Hall–Kier alpha value is -0.590. The van der Waals surface area contributed by atoms with Gasteiger partial charge in [-0.15, -0.1) is 10.8 Å². The number of hydrogen-bond donors (Lipinski definition) is 4. The molecule has 1 aromatic carbocycles. The molecule has 108 valence electrons. The maximum Gasteiger partial charge on any atom is 0.0750 e. The molecule has 1 saturated heterocycles. The summed E-state index contributed by atoms with van der Waals surface area (Å²) in [5, 5.41) is 3.36. The Morgan fingerprint density at radius 2 is 1.84 bits per heavy atom. The fourth-order valence-electron chi connectivity index (χ4n) is 2.41. The van der Waals surface area contributed by atoms with Crippen molar-refractivity contribution >= 4 is 10.8 Å². The molecule has 0 aromatic heterocycles. The third kappa shape index (κ3) is 3.94. The number of benzene rings is 1. The largest absolute Gasteiger partial charge is 0.317 e. The molecule has 5 heteroatoms. The van der Waals surface area contributed by atoms with Crippen molar-refractivity contribution in [3.05, 3.63) is 29.8 Å². The van der Waals surface area contributed by atoms with Gasteiger partial charge in [0.05, 0.1) is 4.90 Å². The highest BCUT2D eigenvalue weighted by Crippen LogP contribution is 2.44. The third-order valence-corrected chi connectivity index (χ3v) is 5.11. The van der Waals surface area contributed by atoms with Crippen LogP contribution in [0.4, 0.5) is 0 Å². The number of rotatable bonds is 5. The highest BCUT2D eigenvalue weighted by Gasteiger charge is 2.17. The van der Waals surface area contributed by atoms with Gasteiger partial charge in [0.15, 0.2) is 0 Å². The Bertz CT molecular complexity index is 389. The third-order valence-electron chi connectivity index (χ3n) is 3.57. The first-order chi connectivity index (χ1) is 9.13. The van der Waals surface area contributed by atoms with E-state index in [0.29, 0.717) is 17.4 Å². The Labute approximate surface area is 117 Å². The molecule has 1 aromatic rings. The van der Waals surface area contributed by atoms with Crippen LogP contribution in [0.25, 0.3) is 0 Å². The van der Waals surface area contributed by atoms with E-state index in [9.17, 15) is 9.11 Å². The molecule has 1 aliphatic rings. The molecule has 0 radical (unpaired) electrons. The van der Waals surface area contributed by atoms with Crippen molar-refractivity contribution < 1.29 is 9.11 Å². The Morgan fingerprint density at radius 1 is 1.21 bits per heavy atom. The predicted molar refractivity (Wildman–Crippen MR) is 80.7 cm³/mol. The van der Waals surface area contributed by atoms with Crippen LogP contribution < -0.4 is 10.0 Å². The standard InChI is InChI=1S/C14H24N2O2S/c1-2-9-16-19(17,18)14-5-3-12(4-6-14)13-7-10-15-11-8-13/h3-6,13,15-18H,2,7-11H2,1H3. The highest BCUT2D eigenvalue weighted by molar-refractivity contribution is 8.22. The monoisotopic (exact) mass is 284 g/mol. The molecular weight excluding hydrogens is 260 g/mol. The molecule has 0 bridgehead atoms. The molecule has 4 nitrogen and oxygen atoms in total. The lowest BCUT2D eigenvalue weighted by atomic mass is 9.90. The van der Waals surface area contributed by atoms with Crippen LogP contribution in [-0.2, 0) is 0 Å². The van der Waals surface area contributed by atoms with E-state index >= 15 is 0 Å². The van der Waals surface area contributed by atoms with Gasteiger partial charge in [-0.1, -0.05) is 19.1 Å². The van der Waals surface area contributed by atoms with Gasteiger partial charge >= 0.3 is 0 Å². The average molecular weight is 284 g/mol. The van der Waals surface area contributed by atoms with Gasteiger partial charge in [0, 0.05) is 6.54 Å². The molecule has 2 rings (SSSR count). The first kappa shape index (κ1) is 14.8. The first-order valence-electron chi connectivity index (χ1n) is 6.97.